The Hall–Kier alpha value is -1.14. The van der Waals surface area contributed by atoms with E-state index >= 15 is 0 Å². The molecule has 7 heteroatoms. The van der Waals surface area contributed by atoms with Crippen LogP contribution in [-0.2, 0) is 0 Å². The number of methoxy groups -OCH3 is 1. The normalized spacial score (nSPS) is 23.7. The van der Waals surface area contributed by atoms with Crippen LogP contribution in [0, 0.1) is 5.92 Å². The van der Waals surface area contributed by atoms with Gasteiger partial charge in [-0.2, -0.15) is 9.97 Å². The molecule has 1 aliphatic carbocycles. The molecule has 0 aromatic carbocycles. The second-order valence-corrected chi connectivity index (χ2v) is 4.02. The van der Waals surface area contributed by atoms with Crippen molar-refractivity contribution in [1.29, 1.82) is 0 Å². The molecule has 2 N–H and O–H groups in total. The lowest BCUT2D eigenvalue weighted by Gasteiger charge is -2.33. The van der Waals surface area contributed by atoms with Gasteiger partial charge in [-0.3, -0.25) is 0 Å². The smallest absolute Gasteiger partial charge is 0.324 e. The number of rotatable bonds is 4. The van der Waals surface area contributed by atoms with Crippen molar-refractivity contribution in [3.05, 3.63) is 5.28 Å². The van der Waals surface area contributed by atoms with E-state index in [0.717, 1.165) is 12.8 Å². The topological polar surface area (TPSA) is 83.2 Å². The summed E-state index contributed by atoms with van der Waals surface area (Å²) in [5.41, 5.74) is 5.52. The molecule has 1 aromatic rings. The van der Waals surface area contributed by atoms with E-state index in [1.807, 2.05) is 0 Å². The van der Waals surface area contributed by atoms with Gasteiger partial charge in [0.25, 0.3) is 0 Å². The predicted molar refractivity (Wildman–Crippen MR) is 57.6 cm³/mol. The second-order valence-electron chi connectivity index (χ2n) is 3.69. The van der Waals surface area contributed by atoms with E-state index in [1.165, 1.54) is 7.11 Å². The third-order valence-corrected chi connectivity index (χ3v) is 2.72. The second kappa shape index (κ2) is 4.80. The molecular weight excluding hydrogens is 232 g/mol. The first kappa shape index (κ1) is 11.3. The molecule has 2 rings (SSSR count). The average Bonchev–Trinajstić information content (AvgIpc) is 2.22. The molecule has 1 aliphatic rings. The van der Waals surface area contributed by atoms with Crippen molar-refractivity contribution in [2.75, 3.05) is 13.7 Å². The van der Waals surface area contributed by atoms with E-state index < -0.39 is 0 Å². The number of nitrogens with zero attached hydrogens (tertiary/aromatic N) is 3. The molecule has 1 fully saturated rings. The summed E-state index contributed by atoms with van der Waals surface area (Å²) in [5, 5.41) is 0.0662. The fourth-order valence-corrected chi connectivity index (χ4v) is 1.72. The largest absolute Gasteiger partial charge is 0.467 e. The lowest BCUT2D eigenvalue weighted by Crippen LogP contribution is -2.38. The molecule has 88 valence electrons. The molecule has 0 atom stereocenters. The standard InChI is InChI=1S/C9H13ClN4O2/c1-15-8-12-7(10)13-9(14-8)16-6-2-5(3-6)4-11/h5-6H,2-4,11H2,1H3. The first-order valence-electron chi connectivity index (χ1n) is 5.03. The highest BCUT2D eigenvalue weighted by Crippen LogP contribution is 2.29. The van der Waals surface area contributed by atoms with Gasteiger partial charge >= 0.3 is 12.0 Å². The maximum absolute atomic E-state index is 5.69. The number of aromatic nitrogens is 3. The van der Waals surface area contributed by atoms with Crippen LogP contribution >= 0.6 is 11.6 Å². The van der Waals surface area contributed by atoms with Gasteiger partial charge in [-0.1, -0.05) is 0 Å². The maximum Gasteiger partial charge on any atom is 0.324 e. The SMILES string of the molecule is COc1nc(Cl)nc(OC2CC(CN)C2)n1. The molecule has 0 aliphatic heterocycles. The first-order chi connectivity index (χ1) is 7.71. The Morgan fingerprint density at radius 3 is 2.62 bits per heavy atom. The zero-order valence-electron chi connectivity index (χ0n) is 8.89. The molecule has 1 saturated carbocycles. The van der Waals surface area contributed by atoms with Crippen LogP contribution in [-0.4, -0.2) is 34.7 Å². The molecule has 1 heterocycles. The number of hydrogen-bond donors (Lipinski definition) is 1. The van der Waals surface area contributed by atoms with Crippen molar-refractivity contribution in [3.63, 3.8) is 0 Å². The van der Waals surface area contributed by atoms with Crippen molar-refractivity contribution < 1.29 is 9.47 Å². The lowest BCUT2D eigenvalue weighted by molar-refractivity contribution is 0.0594. The molecule has 0 bridgehead atoms. The van der Waals surface area contributed by atoms with Crippen molar-refractivity contribution in [2.24, 2.45) is 11.7 Å². The van der Waals surface area contributed by atoms with E-state index in [0.29, 0.717) is 12.5 Å². The summed E-state index contributed by atoms with van der Waals surface area (Å²) < 4.78 is 10.4. The molecular formula is C9H13ClN4O2. The van der Waals surface area contributed by atoms with Crippen molar-refractivity contribution >= 4 is 11.6 Å². The van der Waals surface area contributed by atoms with E-state index in [4.69, 9.17) is 26.8 Å². The van der Waals surface area contributed by atoms with Crippen LogP contribution < -0.4 is 15.2 Å². The maximum atomic E-state index is 5.69. The Labute approximate surface area is 98.1 Å². The summed E-state index contributed by atoms with van der Waals surface area (Å²) in [6, 6.07) is 0.363. The van der Waals surface area contributed by atoms with Crippen molar-refractivity contribution in [1.82, 2.24) is 15.0 Å². The van der Waals surface area contributed by atoms with Gasteiger partial charge in [0.05, 0.1) is 7.11 Å². The van der Waals surface area contributed by atoms with Gasteiger partial charge in [0.15, 0.2) is 0 Å². The van der Waals surface area contributed by atoms with Gasteiger partial charge in [-0.05, 0) is 36.9 Å². The van der Waals surface area contributed by atoms with E-state index in [9.17, 15) is 0 Å². The van der Waals surface area contributed by atoms with Crippen LogP contribution in [0.3, 0.4) is 0 Å². The molecule has 0 unspecified atom stereocenters. The molecule has 1 aromatic heterocycles. The summed E-state index contributed by atoms with van der Waals surface area (Å²) in [6.45, 7) is 0.696. The molecule has 0 amide bonds. The Morgan fingerprint density at radius 2 is 2.00 bits per heavy atom. The molecule has 0 spiro atoms. The summed E-state index contributed by atoms with van der Waals surface area (Å²) in [6.07, 6.45) is 1.99. The minimum Gasteiger partial charge on any atom is -0.467 e. The molecule has 0 saturated heterocycles. The molecule has 6 nitrogen and oxygen atoms in total. The summed E-state index contributed by atoms with van der Waals surface area (Å²) >= 11 is 5.69. The molecule has 16 heavy (non-hydrogen) atoms. The summed E-state index contributed by atoms with van der Waals surface area (Å²) in [7, 11) is 1.46. The monoisotopic (exact) mass is 244 g/mol. The number of halogens is 1. The van der Waals surface area contributed by atoms with Gasteiger partial charge in [-0.25, -0.2) is 0 Å². The Kier molecular flexibility index (Phi) is 3.40. The number of nitrogens with two attached hydrogens (primary N) is 1. The van der Waals surface area contributed by atoms with Gasteiger partial charge < -0.3 is 15.2 Å². The minimum absolute atomic E-state index is 0.0662. The van der Waals surface area contributed by atoms with E-state index in [2.05, 4.69) is 15.0 Å². The fourth-order valence-electron chi connectivity index (χ4n) is 1.57. The Bertz CT molecular complexity index is 371. The highest BCUT2D eigenvalue weighted by molar-refractivity contribution is 6.28. The van der Waals surface area contributed by atoms with Crippen LogP contribution in [0.25, 0.3) is 0 Å². The average molecular weight is 245 g/mol. The Morgan fingerprint density at radius 1 is 1.31 bits per heavy atom. The van der Waals surface area contributed by atoms with Crippen molar-refractivity contribution in [3.8, 4) is 12.0 Å². The summed E-state index contributed by atoms with van der Waals surface area (Å²) in [5.74, 6) is 0.546. The quantitative estimate of drug-likeness (QED) is 0.837. The number of hydrogen-bond acceptors (Lipinski definition) is 6. The molecule has 0 radical (unpaired) electrons. The van der Waals surface area contributed by atoms with Gasteiger partial charge in [0.1, 0.15) is 6.10 Å². The highest BCUT2D eigenvalue weighted by atomic mass is 35.5. The zero-order valence-corrected chi connectivity index (χ0v) is 9.65. The zero-order chi connectivity index (χ0) is 11.5. The van der Waals surface area contributed by atoms with Crippen LogP contribution in [0.1, 0.15) is 12.8 Å². The van der Waals surface area contributed by atoms with E-state index in [-0.39, 0.29) is 23.4 Å². The van der Waals surface area contributed by atoms with Gasteiger partial charge in [-0.15, -0.1) is 4.98 Å². The van der Waals surface area contributed by atoms with Gasteiger partial charge in [0.2, 0.25) is 5.28 Å². The minimum atomic E-state index is 0.0662. The van der Waals surface area contributed by atoms with Crippen LogP contribution in [0.5, 0.6) is 12.0 Å². The highest BCUT2D eigenvalue weighted by Gasteiger charge is 2.30. The number of ether oxygens (including phenoxy) is 2. The first-order valence-corrected chi connectivity index (χ1v) is 5.41. The van der Waals surface area contributed by atoms with Crippen LogP contribution in [0.15, 0.2) is 0 Å². The third-order valence-electron chi connectivity index (χ3n) is 2.55. The predicted octanol–water partition coefficient (Wildman–Crippen LogP) is 0.650. The van der Waals surface area contributed by atoms with Crippen molar-refractivity contribution in [2.45, 2.75) is 18.9 Å². The van der Waals surface area contributed by atoms with Gasteiger partial charge in [0, 0.05) is 0 Å². The lowest BCUT2D eigenvalue weighted by atomic mass is 9.82. The van der Waals surface area contributed by atoms with E-state index in [1.54, 1.807) is 0 Å². The van der Waals surface area contributed by atoms with Crippen LogP contribution in [0.2, 0.25) is 5.28 Å². The Balaban J connectivity index is 1.97. The summed E-state index contributed by atoms with van der Waals surface area (Å²) in [4.78, 5) is 11.6. The third kappa shape index (κ3) is 2.51. The van der Waals surface area contributed by atoms with Crippen LogP contribution in [0.4, 0.5) is 0 Å². The fraction of sp³-hybridized carbons (Fsp3) is 0.667.